The number of aliphatic hydroxyl groups excluding tert-OH is 1. The molecule has 0 spiro atoms. The van der Waals surface area contributed by atoms with Crippen LogP contribution in [0.5, 0.6) is 0 Å². The fourth-order valence-corrected chi connectivity index (χ4v) is 1.85. The molecule has 2 aromatic rings. The summed E-state index contributed by atoms with van der Waals surface area (Å²) >= 11 is 0. The number of hydrogen-bond acceptors (Lipinski definition) is 2. The van der Waals surface area contributed by atoms with Gasteiger partial charge in [0.05, 0.1) is 11.8 Å². The second kappa shape index (κ2) is 7.00. The summed E-state index contributed by atoms with van der Waals surface area (Å²) in [6, 6.07) is 9.39. The topological polar surface area (TPSA) is 61.4 Å². The van der Waals surface area contributed by atoms with E-state index in [0.29, 0.717) is 11.6 Å². The molecular formula is C16H16F2N2O2. The van der Waals surface area contributed by atoms with Gasteiger partial charge in [-0.1, -0.05) is 29.8 Å². The van der Waals surface area contributed by atoms with Crippen LogP contribution in [0, 0.1) is 18.6 Å². The minimum absolute atomic E-state index is 0.0301. The zero-order chi connectivity index (χ0) is 16.1. The van der Waals surface area contributed by atoms with Crippen molar-refractivity contribution >= 4 is 11.7 Å². The van der Waals surface area contributed by atoms with Crippen molar-refractivity contribution < 1.29 is 18.7 Å². The van der Waals surface area contributed by atoms with Gasteiger partial charge in [-0.05, 0) is 24.6 Å². The zero-order valence-electron chi connectivity index (χ0n) is 11.9. The van der Waals surface area contributed by atoms with Crippen LogP contribution in [0.15, 0.2) is 42.5 Å². The smallest absolute Gasteiger partial charge is 0.319 e. The average Bonchev–Trinajstić information content (AvgIpc) is 2.48. The maximum absolute atomic E-state index is 13.4. The molecule has 6 heteroatoms. The van der Waals surface area contributed by atoms with Gasteiger partial charge in [0.15, 0.2) is 0 Å². The number of benzene rings is 2. The van der Waals surface area contributed by atoms with Crippen molar-refractivity contribution in [3.63, 3.8) is 0 Å². The minimum Gasteiger partial charge on any atom is -0.387 e. The summed E-state index contributed by atoms with van der Waals surface area (Å²) in [4.78, 5) is 11.6. The minimum atomic E-state index is -0.871. The van der Waals surface area contributed by atoms with Gasteiger partial charge in [-0.25, -0.2) is 13.6 Å². The Hall–Kier alpha value is -2.47. The number of aryl methyl sites for hydroxylation is 1. The fraction of sp³-hybridized carbons (Fsp3) is 0.188. The lowest BCUT2D eigenvalue weighted by molar-refractivity contribution is 0.175. The normalized spacial score (nSPS) is 11.8. The number of carbonyl (C=O) groups is 1. The van der Waals surface area contributed by atoms with Gasteiger partial charge >= 0.3 is 6.03 Å². The Morgan fingerprint density at radius 2 is 1.86 bits per heavy atom. The molecule has 0 saturated carbocycles. The predicted octanol–water partition coefficient (Wildman–Crippen LogP) is 3.13. The highest BCUT2D eigenvalue weighted by molar-refractivity contribution is 5.89. The third-order valence-electron chi connectivity index (χ3n) is 3.10. The molecule has 2 aromatic carbocycles. The average molecular weight is 306 g/mol. The first kappa shape index (κ1) is 15.9. The molecule has 1 unspecified atom stereocenters. The standard InChI is InChI=1S/C16H16F2N2O2/c1-10-2-4-11(5-3-10)15(21)9-19-16(22)20-14-7-6-12(17)8-13(14)18/h2-8,15,21H,9H2,1H3,(H2,19,20,22). The molecule has 3 N–H and O–H groups in total. The molecule has 0 fully saturated rings. The van der Waals surface area contributed by atoms with Crippen molar-refractivity contribution in [3.05, 3.63) is 65.2 Å². The van der Waals surface area contributed by atoms with Crippen LogP contribution >= 0.6 is 0 Å². The van der Waals surface area contributed by atoms with E-state index in [1.54, 1.807) is 12.1 Å². The van der Waals surface area contributed by atoms with Crippen molar-refractivity contribution in [1.29, 1.82) is 0 Å². The van der Waals surface area contributed by atoms with Crippen LogP contribution in [0.2, 0.25) is 0 Å². The van der Waals surface area contributed by atoms with Gasteiger partial charge in [-0.15, -0.1) is 0 Å². The van der Waals surface area contributed by atoms with Gasteiger partial charge < -0.3 is 15.7 Å². The van der Waals surface area contributed by atoms with Crippen LogP contribution in [-0.4, -0.2) is 17.7 Å². The number of aliphatic hydroxyl groups is 1. The van der Waals surface area contributed by atoms with Gasteiger partial charge in [0.1, 0.15) is 11.6 Å². The van der Waals surface area contributed by atoms with Crippen molar-refractivity contribution in [2.75, 3.05) is 11.9 Å². The summed E-state index contributed by atoms with van der Waals surface area (Å²) in [5, 5.41) is 14.6. The highest BCUT2D eigenvalue weighted by Crippen LogP contribution is 2.15. The summed E-state index contributed by atoms with van der Waals surface area (Å²) < 4.78 is 26.1. The van der Waals surface area contributed by atoms with Crippen molar-refractivity contribution in [3.8, 4) is 0 Å². The number of amides is 2. The number of carbonyl (C=O) groups excluding carboxylic acids is 1. The highest BCUT2D eigenvalue weighted by Gasteiger charge is 2.11. The fourth-order valence-electron chi connectivity index (χ4n) is 1.85. The monoisotopic (exact) mass is 306 g/mol. The second-order valence-corrected chi connectivity index (χ2v) is 4.89. The van der Waals surface area contributed by atoms with E-state index in [-0.39, 0.29) is 12.2 Å². The van der Waals surface area contributed by atoms with E-state index in [0.717, 1.165) is 17.7 Å². The largest absolute Gasteiger partial charge is 0.387 e. The van der Waals surface area contributed by atoms with Crippen LogP contribution in [-0.2, 0) is 0 Å². The number of anilines is 1. The van der Waals surface area contributed by atoms with E-state index < -0.39 is 23.8 Å². The molecule has 0 aliphatic heterocycles. The molecule has 2 amide bonds. The van der Waals surface area contributed by atoms with E-state index >= 15 is 0 Å². The van der Waals surface area contributed by atoms with Crippen molar-refractivity contribution in [2.45, 2.75) is 13.0 Å². The first-order valence-corrected chi connectivity index (χ1v) is 6.70. The molecule has 116 valence electrons. The lowest BCUT2D eigenvalue weighted by atomic mass is 10.1. The predicted molar refractivity (Wildman–Crippen MR) is 79.5 cm³/mol. The molecular weight excluding hydrogens is 290 g/mol. The molecule has 0 saturated heterocycles. The highest BCUT2D eigenvalue weighted by atomic mass is 19.1. The van der Waals surface area contributed by atoms with E-state index in [4.69, 9.17) is 0 Å². The van der Waals surface area contributed by atoms with E-state index in [9.17, 15) is 18.7 Å². The van der Waals surface area contributed by atoms with Crippen molar-refractivity contribution in [2.24, 2.45) is 0 Å². The number of urea groups is 1. The maximum atomic E-state index is 13.4. The summed E-state index contributed by atoms with van der Waals surface area (Å²) in [5.74, 6) is -1.59. The van der Waals surface area contributed by atoms with Crippen molar-refractivity contribution in [1.82, 2.24) is 5.32 Å². The first-order chi connectivity index (χ1) is 10.5. The van der Waals surface area contributed by atoms with Crippen LogP contribution in [0.25, 0.3) is 0 Å². The summed E-state index contributed by atoms with van der Waals surface area (Å²) in [6.07, 6.45) is -0.871. The number of nitrogens with one attached hydrogen (secondary N) is 2. The molecule has 0 aliphatic carbocycles. The van der Waals surface area contributed by atoms with Crippen LogP contribution in [0.3, 0.4) is 0 Å². The molecule has 0 aliphatic rings. The van der Waals surface area contributed by atoms with E-state index in [2.05, 4.69) is 10.6 Å². The van der Waals surface area contributed by atoms with Gasteiger partial charge in [-0.2, -0.15) is 0 Å². The summed E-state index contributed by atoms with van der Waals surface area (Å²) in [5.41, 5.74) is 1.59. The Morgan fingerprint density at radius 3 is 2.50 bits per heavy atom. The molecule has 2 rings (SSSR count). The maximum Gasteiger partial charge on any atom is 0.319 e. The summed E-state index contributed by atoms with van der Waals surface area (Å²) in [6.45, 7) is 1.90. The molecule has 0 heterocycles. The Labute approximate surface area is 126 Å². The molecule has 4 nitrogen and oxygen atoms in total. The Morgan fingerprint density at radius 1 is 1.18 bits per heavy atom. The first-order valence-electron chi connectivity index (χ1n) is 6.70. The van der Waals surface area contributed by atoms with Gasteiger partial charge in [0.25, 0.3) is 0 Å². The summed E-state index contributed by atoms with van der Waals surface area (Å²) in [7, 11) is 0. The third kappa shape index (κ3) is 4.26. The molecule has 0 bridgehead atoms. The number of rotatable bonds is 4. The number of halogens is 2. The van der Waals surface area contributed by atoms with E-state index in [1.807, 2.05) is 19.1 Å². The van der Waals surface area contributed by atoms with Crippen LogP contribution < -0.4 is 10.6 Å². The second-order valence-electron chi connectivity index (χ2n) is 4.89. The Bertz CT molecular complexity index is 660. The zero-order valence-corrected chi connectivity index (χ0v) is 11.9. The Balaban J connectivity index is 1.88. The van der Waals surface area contributed by atoms with Gasteiger partial charge in [0.2, 0.25) is 0 Å². The van der Waals surface area contributed by atoms with Crippen LogP contribution in [0.4, 0.5) is 19.3 Å². The SMILES string of the molecule is Cc1ccc(C(O)CNC(=O)Nc2ccc(F)cc2F)cc1. The van der Waals surface area contributed by atoms with E-state index in [1.165, 1.54) is 0 Å². The number of hydrogen-bond donors (Lipinski definition) is 3. The van der Waals surface area contributed by atoms with Crippen LogP contribution in [0.1, 0.15) is 17.2 Å². The van der Waals surface area contributed by atoms with Gasteiger partial charge in [-0.3, -0.25) is 0 Å². The lowest BCUT2D eigenvalue weighted by Gasteiger charge is -2.13. The molecule has 22 heavy (non-hydrogen) atoms. The third-order valence-corrected chi connectivity index (χ3v) is 3.10. The van der Waals surface area contributed by atoms with Gasteiger partial charge in [0, 0.05) is 12.6 Å². The quantitative estimate of drug-likeness (QED) is 0.812. The molecule has 1 atom stereocenters. The molecule has 0 radical (unpaired) electrons. The molecule has 0 aromatic heterocycles. The lowest BCUT2D eigenvalue weighted by Crippen LogP contribution is -2.32. The Kier molecular flexibility index (Phi) is 5.06.